The first-order chi connectivity index (χ1) is 24.0. The van der Waals surface area contributed by atoms with Gasteiger partial charge in [-0.25, -0.2) is 4.57 Å². The molecule has 0 saturated carbocycles. The van der Waals surface area contributed by atoms with Crippen molar-refractivity contribution in [2.24, 2.45) is 0 Å². The van der Waals surface area contributed by atoms with E-state index in [-0.39, 0.29) is 0 Å². The summed E-state index contributed by atoms with van der Waals surface area (Å²) >= 11 is 0. The third-order valence-corrected chi connectivity index (χ3v) is 11.3. The molecular weight excluding hydrogens is 623 g/mol. The quantitative estimate of drug-likeness (QED) is 0.191. The third-order valence-electron chi connectivity index (χ3n) is 10.4. The van der Waals surface area contributed by atoms with Gasteiger partial charge < -0.3 is 9.05 Å². The zero-order valence-electron chi connectivity index (χ0n) is 27.3. The first-order valence-corrected chi connectivity index (χ1v) is 18.9. The fourth-order valence-electron chi connectivity index (χ4n) is 8.16. The van der Waals surface area contributed by atoms with Gasteiger partial charge in [-0.2, -0.15) is 0 Å². The highest BCUT2D eigenvalue weighted by Crippen LogP contribution is 2.62. The number of rotatable bonds is 4. The molecule has 3 aliphatic rings. The molecule has 0 unspecified atom stereocenters. The number of benzene rings is 6. The van der Waals surface area contributed by atoms with Crippen molar-refractivity contribution in [2.45, 2.75) is 51.4 Å². The molecule has 2 aliphatic carbocycles. The molecule has 242 valence electrons. The summed E-state index contributed by atoms with van der Waals surface area (Å²) in [5.74, 6) is 0.914. The summed E-state index contributed by atoms with van der Waals surface area (Å²) in [5.41, 5.74) is 14.9. The molecule has 6 aromatic rings. The minimum Gasteiger partial charge on any atom is -0.394 e. The van der Waals surface area contributed by atoms with Crippen LogP contribution in [-0.4, -0.2) is 4.89 Å². The summed E-state index contributed by atoms with van der Waals surface area (Å²) in [7, 11) is -4.60. The van der Waals surface area contributed by atoms with Gasteiger partial charge in [0.2, 0.25) is 0 Å². The van der Waals surface area contributed by atoms with E-state index in [9.17, 15) is 9.46 Å². The van der Waals surface area contributed by atoms with E-state index in [1.807, 2.05) is 36.4 Å². The number of aryl methyl sites for hydroxylation is 2. The lowest BCUT2D eigenvalue weighted by molar-refractivity contribution is 0.295. The summed E-state index contributed by atoms with van der Waals surface area (Å²) in [5, 5.41) is 0. The molecule has 1 aliphatic heterocycles. The summed E-state index contributed by atoms with van der Waals surface area (Å²) in [6, 6.07) is 41.9. The van der Waals surface area contributed by atoms with Crippen LogP contribution in [0.4, 0.5) is 0 Å². The van der Waals surface area contributed by atoms with Crippen molar-refractivity contribution in [3.05, 3.63) is 144 Å². The van der Waals surface area contributed by atoms with Crippen LogP contribution in [-0.2, 0) is 30.2 Å². The Hall–Kier alpha value is -4.89. The molecule has 4 nitrogen and oxygen atoms in total. The molecule has 9 rings (SSSR count). The minimum absolute atomic E-state index is 0.457. The second kappa shape index (κ2) is 12.2. The third kappa shape index (κ3) is 5.50. The van der Waals surface area contributed by atoms with Crippen molar-refractivity contribution >= 4 is 7.82 Å². The lowest BCUT2D eigenvalue weighted by atomic mass is 9.77. The normalized spacial score (nSPS) is 15.8. The fraction of sp³-hybridized carbons (Fsp3) is 0.182. The van der Waals surface area contributed by atoms with Crippen LogP contribution in [0.25, 0.3) is 55.6 Å². The average Bonchev–Trinajstić information content (AvgIpc) is 3.28. The van der Waals surface area contributed by atoms with Gasteiger partial charge in [-0.05, 0) is 131 Å². The maximum atomic E-state index is 14.2. The molecule has 5 heteroatoms. The van der Waals surface area contributed by atoms with Crippen LogP contribution in [0.15, 0.2) is 121 Å². The molecule has 0 bridgehead atoms. The molecule has 1 heterocycles. The van der Waals surface area contributed by atoms with Gasteiger partial charge in [0.05, 0.1) is 0 Å². The van der Waals surface area contributed by atoms with Crippen molar-refractivity contribution in [1.82, 2.24) is 0 Å². The Morgan fingerprint density at radius 3 is 1.29 bits per heavy atom. The number of phosphoric acid groups is 1. The average molecular weight is 661 g/mol. The van der Waals surface area contributed by atoms with Crippen LogP contribution in [0.1, 0.15) is 47.9 Å². The van der Waals surface area contributed by atoms with E-state index in [4.69, 9.17) is 9.05 Å². The van der Waals surface area contributed by atoms with Gasteiger partial charge in [0.15, 0.2) is 0 Å². The molecule has 0 fully saturated rings. The minimum atomic E-state index is -4.60. The predicted octanol–water partition coefficient (Wildman–Crippen LogP) is 11.7. The number of hydrogen-bond acceptors (Lipinski definition) is 3. The molecule has 0 saturated heterocycles. The Labute approximate surface area is 287 Å². The molecule has 0 aromatic heterocycles. The first kappa shape index (κ1) is 30.2. The van der Waals surface area contributed by atoms with E-state index < -0.39 is 7.82 Å². The van der Waals surface area contributed by atoms with Crippen molar-refractivity contribution in [3.63, 3.8) is 0 Å². The Balaban J connectivity index is 1.34. The van der Waals surface area contributed by atoms with E-state index in [1.165, 1.54) is 22.3 Å². The maximum absolute atomic E-state index is 14.2. The number of phosphoric ester groups is 1. The molecule has 0 spiro atoms. The van der Waals surface area contributed by atoms with Gasteiger partial charge in [-0.15, -0.1) is 0 Å². The molecule has 6 aromatic carbocycles. The Bertz CT molecular complexity index is 2120. The Morgan fingerprint density at radius 2 is 0.837 bits per heavy atom. The van der Waals surface area contributed by atoms with E-state index in [1.54, 1.807) is 0 Å². The van der Waals surface area contributed by atoms with Gasteiger partial charge in [-0.3, -0.25) is 4.89 Å². The highest BCUT2D eigenvalue weighted by atomic mass is 31.2. The molecule has 1 N–H and O–H groups in total. The topological polar surface area (TPSA) is 55.8 Å². The van der Waals surface area contributed by atoms with E-state index in [2.05, 4.69) is 84.9 Å². The van der Waals surface area contributed by atoms with Crippen molar-refractivity contribution in [2.75, 3.05) is 0 Å². The van der Waals surface area contributed by atoms with E-state index in [0.717, 1.165) is 107 Å². The lowest BCUT2D eigenvalue weighted by Crippen LogP contribution is -2.10. The van der Waals surface area contributed by atoms with Gasteiger partial charge in [-0.1, -0.05) is 97.1 Å². The van der Waals surface area contributed by atoms with Gasteiger partial charge in [0, 0.05) is 22.3 Å². The highest BCUT2D eigenvalue weighted by molar-refractivity contribution is 7.48. The molecule has 49 heavy (non-hydrogen) atoms. The van der Waals surface area contributed by atoms with Gasteiger partial charge >= 0.3 is 7.82 Å². The van der Waals surface area contributed by atoms with E-state index in [0.29, 0.717) is 11.5 Å². The SMILES string of the molecule is O=P1(O)Oc2c(-c3cccc(-c4ccccc4)c3)cc3c(c2-c2c4c(cc(-c5cccc(-c6ccccc6)c5)c2O1)CCCC4)CCCC3. The van der Waals surface area contributed by atoms with Gasteiger partial charge in [0.25, 0.3) is 0 Å². The first-order valence-electron chi connectivity index (χ1n) is 17.4. The number of hydrogen-bond donors (Lipinski definition) is 1. The Morgan fingerprint density at radius 1 is 0.449 bits per heavy atom. The van der Waals surface area contributed by atoms with Crippen LogP contribution < -0.4 is 9.05 Å². The molecule has 0 radical (unpaired) electrons. The van der Waals surface area contributed by atoms with Crippen LogP contribution in [0.5, 0.6) is 11.5 Å². The lowest BCUT2D eigenvalue weighted by Gasteiger charge is -2.28. The van der Waals surface area contributed by atoms with Crippen LogP contribution >= 0.6 is 7.82 Å². The highest BCUT2D eigenvalue weighted by Gasteiger charge is 2.40. The van der Waals surface area contributed by atoms with Crippen LogP contribution in [0, 0.1) is 0 Å². The second-order valence-electron chi connectivity index (χ2n) is 13.5. The predicted molar refractivity (Wildman–Crippen MR) is 198 cm³/mol. The molecule has 0 amide bonds. The zero-order chi connectivity index (χ0) is 33.0. The summed E-state index contributed by atoms with van der Waals surface area (Å²) < 4.78 is 26.7. The van der Waals surface area contributed by atoms with Crippen molar-refractivity contribution in [3.8, 4) is 67.1 Å². The standard InChI is InChI=1S/C44H37O4P/c45-49(46)47-43-39(33-21-11-19-31(25-33)29-13-3-1-4-14-29)27-35-17-7-9-23-37(35)41(43)42-38-24-10-8-18-36(38)28-40(44(42)48-49)34-22-12-20-32(26-34)30-15-5-2-6-16-30/h1-6,11-16,19-22,25-28H,7-10,17-18,23-24H2,(H,45,46). The molecular formula is C44H37O4P. The smallest absolute Gasteiger partial charge is 0.394 e. The monoisotopic (exact) mass is 660 g/mol. The largest absolute Gasteiger partial charge is 0.584 e. The second-order valence-corrected chi connectivity index (χ2v) is 14.8. The zero-order valence-corrected chi connectivity index (χ0v) is 28.2. The molecule has 0 atom stereocenters. The summed E-state index contributed by atoms with van der Waals surface area (Å²) in [4.78, 5) is 11.6. The summed E-state index contributed by atoms with van der Waals surface area (Å²) in [6.45, 7) is 0. The maximum Gasteiger partial charge on any atom is 0.584 e. The summed E-state index contributed by atoms with van der Waals surface area (Å²) in [6.07, 6.45) is 8.06. The Kier molecular flexibility index (Phi) is 7.53. The van der Waals surface area contributed by atoms with Crippen molar-refractivity contribution in [1.29, 1.82) is 0 Å². The van der Waals surface area contributed by atoms with Crippen molar-refractivity contribution < 1.29 is 18.5 Å². The number of fused-ring (bicyclic) bond motifs is 7. The fourth-order valence-corrected chi connectivity index (χ4v) is 9.04. The van der Waals surface area contributed by atoms with Gasteiger partial charge in [0.1, 0.15) is 11.5 Å². The van der Waals surface area contributed by atoms with Crippen LogP contribution in [0.3, 0.4) is 0 Å². The van der Waals surface area contributed by atoms with E-state index >= 15 is 0 Å². The van der Waals surface area contributed by atoms with Crippen LogP contribution in [0.2, 0.25) is 0 Å².